The maximum Gasteiger partial charge on any atom is 0.326 e. The van der Waals surface area contributed by atoms with Crippen molar-refractivity contribution in [3.8, 4) is 0 Å². The van der Waals surface area contributed by atoms with Crippen LogP contribution < -0.4 is 0 Å². The van der Waals surface area contributed by atoms with Gasteiger partial charge in [-0.25, -0.2) is 9.18 Å². The molecule has 2 atom stereocenters. The standard InChI is InChI=1S/C15H18FNO3/c1-10(9-11-4-6-12(16)7-5-11)14(18)17-8-2-3-13(17)15(19)20/h4-7,10,13H,2-3,8-9H2,1H3,(H,19,20)/t10-,13-/m0/s1. The second kappa shape index (κ2) is 6.03. The van der Waals surface area contributed by atoms with Crippen molar-refractivity contribution < 1.29 is 19.1 Å². The minimum absolute atomic E-state index is 0.140. The average Bonchev–Trinajstić information content (AvgIpc) is 2.90. The molecule has 0 aliphatic carbocycles. The van der Waals surface area contributed by atoms with Crippen LogP contribution in [0.15, 0.2) is 24.3 Å². The van der Waals surface area contributed by atoms with Gasteiger partial charge in [0.25, 0.3) is 0 Å². The lowest BCUT2D eigenvalue weighted by Gasteiger charge is -2.25. The lowest BCUT2D eigenvalue weighted by atomic mass is 9.99. The van der Waals surface area contributed by atoms with Crippen LogP contribution in [0.1, 0.15) is 25.3 Å². The van der Waals surface area contributed by atoms with Crippen LogP contribution in [-0.2, 0) is 16.0 Å². The molecule has 4 nitrogen and oxygen atoms in total. The Labute approximate surface area is 117 Å². The van der Waals surface area contributed by atoms with E-state index in [2.05, 4.69) is 0 Å². The lowest BCUT2D eigenvalue weighted by Crippen LogP contribution is -2.43. The van der Waals surface area contributed by atoms with Gasteiger partial charge in [-0.05, 0) is 37.0 Å². The zero-order valence-electron chi connectivity index (χ0n) is 11.4. The fourth-order valence-corrected chi connectivity index (χ4v) is 2.63. The van der Waals surface area contributed by atoms with E-state index in [1.165, 1.54) is 17.0 Å². The Kier molecular flexibility index (Phi) is 4.37. The summed E-state index contributed by atoms with van der Waals surface area (Å²) < 4.78 is 12.8. The Morgan fingerprint density at radius 2 is 2.05 bits per heavy atom. The van der Waals surface area contributed by atoms with Crippen molar-refractivity contribution in [1.82, 2.24) is 4.90 Å². The van der Waals surface area contributed by atoms with E-state index in [-0.39, 0.29) is 17.6 Å². The zero-order chi connectivity index (χ0) is 14.7. The van der Waals surface area contributed by atoms with Crippen molar-refractivity contribution in [3.63, 3.8) is 0 Å². The molecule has 108 valence electrons. The molecule has 0 saturated carbocycles. The summed E-state index contributed by atoms with van der Waals surface area (Å²) in [6.07, 6.45) is 1.73. The van der Waals surface area contributed by atoms with Gasteiger partial charge in [-0.1, -0.05) is 19.1 Å². The van der Waals surface area contributed by atoms with Crippen LogP contribution in [0, 0.1) is 11.7 Å². The molecule has 1 saturated heterocycles. The molecule has 0 unspecified atom stereocenters. The summed E-state index contributed by atoms with van der Waals surface area (Å²) in [6.45, 7) is 2.28. The molecule has 1 N–H and O–H groups in total. The molecular weight excluding hydrogens is 261 g/mol. The Bertz CT molecular complexity index is 500. The molecule has 0 bridgehead atoms. The van der Waals surface area contributed by atoms with E-state index in [1.807, 2.05) is 0 Å². The monoisotopic (exact) mass is 279 g/mol. The maximum atomic E-state index is 12.8. The third-order valence-corrected chi connectivity index (χ3v) is 3.70. The highest BCUT2D eigenvalue weighted by Crippen LogP contribution is 2.21. The van der Waals surface area contributed by atoms with Crippen LogP contribution in [0.25, 0.3) is 0 Å². The number of rotatable bonds is 4. The first kappa shape index (κ1) is 14.5. The number of benzene rings is 1. The van der Waals surface area contributed by atoms with Gasteiger partial charge in [0.2, 0.25) is 5.91 Å². The van der Waals surface area contributed by atoms with Crippen molar-refractivity contribution in [1.29, 1.82) is 0 Å². The predicted molar refractivity (Wildman–Crippen MR) is 71.6 cm³/mol. The summed E-state index contributed by atoms with van der Waals surface area (Å²) in [5, 5.41) is 9.10. The molecule has 0 aromatic heterocycles. The number of hydrogen-bond donors (Lipinski definition) is 1. The summed E-state index contributed by atoms with van der Waals surface area (Å²) in [5.41, 5.74) is 0.873. The van der Waals surface area contributed by atoms with Gasteiger partial charge in [0, 0.05) is 12.5 Å². The number of carboxylic acids is 1. The van der Waals surface area contributed by atoms with Crippen molar-refractivity contribution in [3.05, 3.63) is 35.6 Å². The molecule has 1 aromatic rings. The molecule has 0 radical (unpaired) electrons. The molecule has 1 amide bonds. The Morgan fingerprint density at radius 1 is 1.40 bits per heavy atom. The normalized spacial score (nSPS) is 19.9. The first-order valence-corrected chi connectivity index (χ1v) is 6.76. The van der Waals surface area contributed by atoms with Crippen LogP contribution in [0.5, 0.6) is 0 Å². The van der Waals surface area contributed by atoms with Crippen LogP contribution in [0.4, 0.5) is 4.39 Å². The van der Waals surface area contributed by atoms with E-state index in [0.717, 1.165) is 12.0 Å². The molecule has 1 heterocycles. The van der Waals surface area contributed by atoms with Gasteiger partial charge in [0.15, 0.2) is 0 Å². The van der Waals surface area contributed by atoms with Gasteiger partial charge in [0.1, 0.15) is 11.9 Å². The van der Waals surface area contributed by atoms with E-state index in [9.17, 15) is 14.0 Å². The van der Waals surface area contributed by atoms with Crippen molar-refractivity contribution in [2.45, 2.75) is 32.2 Å². The molecule has 2 rings (SSSR count). The van der Waals surface area contributed by atoms with Crippen LogP contribution in [-0.4, -0.2) is 34.5 Å². The lowest BCUT2D eigenvalue weighted by molar-refractivity contribution is -0.149. The molecule has 1 aliphatic heterocycles. The SMILES string of the molecule is C[C@@H](Cc1ccc(F)cc1)C(=O)N1CCC[C@H]1C(=O)O. The molecular formula is C15H18FNO3. The van der Waals surface area contributed by atoms with E-state index < -0.39 is 12.0 Å². The Balaban J connectivity index is 2.01. The van der Waals surface area contributed by atoms with E-state index >= 15 is 0 Å². The van der Waals surface area contributed by atoms with E-state index in [1.54, 1.807) is 19.1 Å². The zero-order valence-corrected chi connectivity index (χ0v) is 11.4. The van der Waals surface area contributed by atoms with Crippen LogP contribution in [0.2, 0.25) is 0 Å². The average molecular weight is 279 g/mol. The van der Waals surface area contributed by atoms with Crippen molar-refractivity contribution in [2.24, 2.45) is 5.92 Å². The quantitative estimate of drug-likeness (QED) is 0.918. The van der Waals surface area contributed by atoms with E-state index in [0.29, 0.717) is 19.4 Å². The van der Waals surface area contributed by atoms with Gasteiger partial charge >= 0.3 is 5.97 Å². The van der Waals surface area contributed by atoms with Gasteiger partial charge < -0.3 is 10.0 Å². The Morgan fingerprint density at radius 3 is 2.65 bits per heavy atom. The highest BCUT2D eigenvalue weighted by atomic mass is 19.1. The topological polar surface area (TPSA) is 57.6 Å². The number of halogens is 1. The molecule has 5 heteroatoms. The fraction of sp³-hybridized carbons (Fsp3) is 0.467. The molecule has 0 spiro atoms. The van der Waals surface area contributed by atoms with Crippen molar-refractivity contribution >= 4 is 11.9 Å². The summed E-state index contributed by atoms with van der Waals surface area (Å²) in [6, 6.07) is 5.33. The minimum Gasteiger partial charge on any atom is -0.480 e. The number of amides is 1. The maximum absolute atomic E-state index is 12.8. The van der Waals surface area contributed by atoms with Crippen LogP contribution in [0.3, 0.4) is 0 Å². The van der Waals surface area contributed by atoms with Gasteiger partial charge in [-0.3, -0.25) is 4.79 Å². The second-order valence-electron chi connectivity index (χ2n) is 5.26. The summed E-state index contributed by atoms with van der Waals surface area (Å²) in [5.74, 6) is -1.69. The fourth-order valence-electron chi connectivity index (χ4n) is 2.63. The number of likely N-dealkylation sites (tertiary alicyclic amines) is 1. The highest BCUT2D eigenvalue weighted by molar-refractivity contribution is 5.85. The summed E-state index contributed by atoms with van der Waals surface area (Å²) in [4.78, 5) is 24.9. The number of hydrogen-bond acceptors (Lipinski definition) is 2. The predicted octanol–water partition coefficient (Wildman–Crippen LogP) is 2.08. The molecule has 1 aromatic carbocycles. The van der Waals surface area contributed by atoms with Gasteiger partial charge in [0.05, 0.1) is 0 Å². The molecule has 20 heavy (non-hydrogen) atoms. The number of aliphatic carboxylic acids is 1. The smallest absolute Gasteiger partial charge is 0.326 e. The van der Waals surface area contributed by atoms with Crippen LogP contribution >= 0.6 is 0 Å². The van der Waals surface area contributed by atoms with Gasteiger partial charge in [-0.15, -0.1) is 0 Å². The Hall–Kier alpha value is -1.91. The van der Waals surface area contributed by atoms with E-state index in [4.69, 9.17) is 5.11 Å². The van der Waals surface area contributed by atoms with Crippen molar-refractivity contribution in [2.75, 3.05) is 6.54 Å². The summed E-state index contributed by atoms with van der Waals surface area (Å²) >= 11 is 0. The largest absolute Gasteiger partial charge is 0.480 e. The number of carboxylic acid groups (broad SMARTS) is 1. The highest BCUT2D eigenvalue weighted by Gasteiger charge is 2.35. The molecule has 1 aliphatic rings. The molecule has 1 fully saturated rings. The summed E-state index contributed by atoms with van der Waals surface area (Å²) in [7, 11) is 0. The first-order valence-electron chi connectivity index (χ1n) is 6.76. The number of nitrogens with zero attached hydrogens (tertiary/aromatic N) is 1. The first-order chi connectivity index (χ1) is 9.49. The third kappa shape index (κ3) is 3.15. The second-order valence-corrected chi connectivity index (χ2v) is 5.26. The third-order valence-electron chi connectivity index (χ3n) is 3.70. The number of carbonyl (C=O) groups is 2. The number of carbonyl (C=O) groups excluding carboxylic acids is 1. The van der Waals surface area contributed by atoms with Gasteiger partial charge in [-0.2, -0.15) is 0 Å². The minimum atomic E-state index is -0.940.